The number of carbonyl (C=O) groups excluding carboxylic acids is 1. The maximum atomic E-state index is 11.9. The number of hydrogen-bond donors (Lipinski definition) is 1. The summed E-state index contributed by atoms with van der Waals surface area (Å²) in [6, 6.07) is 17.8. The molecule has 3 nitrogen and oxygen atoms in total. The molecule has 0 atom stereocenters. The molecular weight excluding hydrogens is 262 g/mol. The van der Waals surface area contributed by atoms with E-state index in [1.807, 2.05) is 42.5 Å². The van der Waals surface area contributed by atoms with Crippen molar-refractivity contribution in [2.45, 2.75) is 19.3 Å². The van der Waals surface area contributed by atoms with Gasteiger partial charge in [0.15, 0.2) is 0 Å². The summed E-state index contributed by atoms with van der Waals surface area (Å²) in [4.78, 5) is 11.9. The Morgan fingerprint density at radius 1 is 1.05 bits per heavy atom. The van der Waals surface area contributed by atoms with Gasteiger partial charge in [-0.15, -0.1) is 0 Å². The summed E-state index contributed by atoms with van der Waals surface area (Å²) in [5.74, 6) is 1.04. The minimum Gasteiger partial charge on any atom is -0.491 e. The van der Waals surface area contributed by atoms with Crippen LogP contribution in [0.3, 0.4) is 0 Å². The second-order valence-corrected chi connectivity index (χ2v) is 5.34. The lowest BCUT2D eigenvalue weighted by Gasteiger charge is -2.12. The number of ether oxygens (including phenoxy) is 1. The lowest BCUT2D eigenvalue weighted by Crippen LogP contribution is -2.14. The molecule has 21 heavy (non-hydrogen) atoms. The number of hydrogen-bond acceptors (Lipinski definition) is 2. The first-order valence-electron chi connectivity index (χ1n) is 7.39. The third kappa shape index (κ3) is 3.85. The van der Waals surface area contributed by atoms with E-state index in [0.29, 0.717) is 6.61 Å². The summed E-state index contributed by atoms with van der Waals surface area (Å²) in [5.41, 5.74) is 2.01. The normalized spacial score (nSPS) is 13.7. The van der Waals surface area contributed by atoms with Gasteiger partial charge in [-0.05, 0) is 30.5 Å². The minimum atomic E-state index is 0.106. The van der Waals surface area contributed by atoms with Crippen LogP contribution in [-0.4, -0.2) is 12.5 Å². The van der Waals surface area contributed by atoms with E-state index in [4.69, 9.17) is 4.74 Å². The quantitative estimate of drug-likeness (QED) is 0.877. The van der Waals surface area contributed by atoms with Crippen LogP contribution < -0.4 is 10.1 Å². The van der Waals surface area contributed by atoms with Crippen molar-refractivity contribution < 1.29 is 9.53 Å². The van der Waals surface area contributed by atoms with Gasteiger partial charge in [0, 0.05) is 12.3 Å². The van der Waals surface area contributed by atoms with Gasteiger partial charge in [0.2, 0.25) is 5.91 Å². The summed E-state index contributed by atoms with van der Waals surface area (Å²) < 4.78 is 5.83. The zero-order valence-corrected chi connectivity index (χ0v) is 11.9. The zero-order valence-electron chi connectivity index (χ0n) is 11.9. The molecule has 0 radical (unpaired) electrons. The molecule has 3 heteroatoms. The smallest absolute Gasteiger partial charge is 0.227 e. The van der Waals surface area contributed by atoms with Gasteiger partial charge >= 0.3 is 0 Å². The summed E-state index contributed by atoms with van der Waals surface area (Å²) in [6.45, 7) is 0.598. The first-order chi connectivity index (χ1) is 10.3. The lowest BCUT2D eigenvalue weighted by atomic mass is 10.2. The van der Waals surface area contributed by atoms with Crippen LogP contribution >= 0.6 is 0 Å². The van der Waals surface area contributed by atoms with Crippen LogP contribution in [0.1, 0.15) is 18.4 Å². The number of para-hydroxylation sites is 2. The monoisotopic (exact) mass is 281 g/mol. The van der Waals surface area contributed by atoms with Crippen molar-refractivity contribution in [2.75, 3.05) is 11.9 Å². The number of rotatable bonds is 6. The molecular formula is C18H19NO2. The highest BCUT2D eigenvalue weighted by Gasteiger charge is 2.29. The van der Waals surface area contributed by atoms with Gasteiger partial charge in [0.05, 0.1) is 12.3 Å². The van der Waals surface area contributed by atoms with E-state index in [0.717, 1.165) is 30.7 Å². The molecule has 1 aliphatic carbocycles. The molecule has 108 valence electrons. The lowest BCUT2D eigenvalue weighted by molar-refractivity contribution is -0.117. The third-order valence-corrected chi connectivity index (χ3v) is 3.58. The maximum Gasteiger partial charge on any atom is 0.227 e. The predicted octanol–water partition coefficient (Wildman–Crippen LogP) is 3.66. The SMILES string of the molecule is O=C(Nc1ccccc1OCCc1ccccc1)C1CC1. The fourth-order valence-corrected chi connectivity index (χ4v) is 2.20. The molecule has 0 aromatic heterocycles. The first-order valence-corrected chi connectivity index (χ1v) is 7.39. The zero-order chi connectivity index (χ0) is 14.5. The van der Waals surface area contributed by atoms with E-state index in [1.165, 1.54) is 5.56 Å². The highest BCUT2D eigenvalue weighted by Crippen LogP contribution is 2.32. The van der Waals surface area contributed by atoms with Crippen LogP contribution in [0.15, 0.2) is 54.6 Å². The van der Waals surface area contributed by atoms with E-state index in [2.05, 4.69) is 17.4 Å². The molecule has 1 fully saturated rings. The Morgan fingerprint density at radius 3 is 2.52 bits per heavy atom. The summed E-state index contributed by atoms with van der Waals surface area (Å²) >= 11 is 0. The summed E-state index contributed by atoms with van der Waals surface area (Å²) in [7, 11) is 0. The van der Waals surface area contributed by atoms with Gasteiger partial charge < -0.3 is 10.1 Å². The predicted molar refractivity (Wildman–Crippen MR) is 83.4 cm³/mol. The number of benzene rings is 2. The Bertz CT molecular complexity index is 606. The Morgan fingerprint density at radius 2 is 1.76 bits per heavy atom. The van der Waals surface area contributed by atoms with Crippen LogP contribution in [0.5, 0.6) is 5.75 Å². The summed E-state index contributed by atoms with van der Waals surface area (Å²) in [6.07, 6.45) is 2.86. The third-order valence-electron chi connectivity index (χ3n) is 3.58. The average molecular weight is 281 g/mol. The van der Waals surface area contributed by atoms with Gasteiger partial charge in [-0.3, -0.25) is 4.79 Å². The van der Waals surface area contributed by atoms with Gasteiger partial charge in [-0.2, -0.15) is 0 Å². The molecule has 0 saturated heterocycles. The van der Waals surface area contributed by atoms with E-state index in [1.54, 1.807) is 0 Å². The topological polar surface area (TPSA) is 38.3 Å². The van der Waals surface area contributed by atoms with E-state index in [9.17, 15) is 4.79 Å². The Balaban J connectivity index is 1.58. The Kier molecular flexibility index (Phi) is 4.20. The Hall–Kier alpha value is -2.29. The molecule has 0 aliphatic heterocycles. The second kappa shape index (κ2) is 6.44. The number of amides is 1. The average Bonchev–Trinajstić information content (AvgIpc) is 3.35. The van der Waals surface area contributed by atoms with E-state index >= 15 is 0 Å². The van der Waals surface area contributed by atoms with E-state index < -0.39 is 0 Å². The fourth-order valence-electron chi connectivity index (χ4n) is 2.20. The molecule has 0 spiro atoms. The molecule has 2 aromatic carbocycles. The minimum absolute atomic E-state index is 0.106. The molecule has 3 rings (SSSR count). The highest BCUT2D eigenvalue weighted by atomic mass is 16.5. The van der Waals surface area contributed by atoms with Crippen LogP contribution in [0.25, 0.3) is 0 Å². The van der Waals surface area contributed by atoms with Gasteiger partial charge in [-0.25, -0.2) is 0 Å². The highest BCUT2D eigenvalue weighted by molar-refractivity contribution is 5.95. The largest absolute Gasteiger partial charge is 0.491 e. The van der Waals surface area contributed by atoms with Crippen molar-refractivity contribution in [3.05, 3.63) is 60.2 Å². The first kappa shape index (κ1) is 13.7. The fraction of sp³-hybridized carbons (Fsp3) is 0.278. The number of nitrogens with one attached hydrogen (secondary N) is 1. The molecule has 1 N–H and O–H groups in total. The molecule has 0 heterocycles. The standard InChI is InChI=1S/C18H19NO2/c20-18(15-10-11-15)19-16-8-4-5-9-17(16)21-13-12-14-6-2-1-3-7-14/h1-9,15H,10-13H2,(H,19,20). The van der Waals surface area contributed by atoms with Crippen molar-refractivity contribution in [3.8, 4) is 5.75 Å². The van der Waals surface area contributed by atoms with Crippen molar-refractivity contribution >= 4 is 11.6 Å². The van der Waals surface area contributed by atoms with Gasteiger partial charge in [-0.1, -0.05) is 42.5 Å². The number of carbonyl (C=O) groups is 1. The molecule has 0 bridgehead atoms. The van der Waals surface area contributed by atoms with Crippen LogP contribution in [0.4, 0.5) is 5.69 Å². The van der Waals surface area contributed by atoms with Crippen LogP contribution in [-0.2, 0) is 11.2 Å². The van der Waals surface area contributed by atoms with Gasteiger partial charge in [0.25, 0.3) is 0 Å². The molecule has 0 unspecified atom stereocenters. The Labute approximate surface area is 124 Å². The number of anilines is 1. The van der Waals surface area contributed by atoms with Crippen molar-refractivity contribution in [1.29, 1.82) is 0 Å². The molecule has 1 saturated carbocycles. The maximum absolute atomic E-state index is 11.9. The van der Waals surface area contributed by atoms with Crippen molar-refractivity contribution in [3.63, 3.8) is 0 Å². The summed E-state index contributed by atoms with van der Waals surface area (Å²) in [5, 5.41) is 2.96. The van der Waals surface area contributed by atoms with Crippen molar-refractivity contribution in [1.82, 2.24) is 0 Å². The van der Waals surface area contributed by atoms with Crippen LogP contribution in [0.2, 0.25) is 0 Å². The second-order valence-electron chi connectivity index (χ2n) is 5.34. The van der Waals surface area contributed by atoms with Crippen molar-refractivity contribution in [2.24, 2.45) is 5.92 Å². The molecule has 2 aromatic rings. The van der Waals surface area contributed by atoms with Crippen LogP contribution in [0, 0.1) is 5.92 Å². The van der Waals surface area contributed by atoms with E-state index in [-0.39, 0.29) is 11.8 Å². The molecule has 1 amide bonds. The van der Waals surface area contributed by atoms with Gasteiger partial charge in [0.1, 0.15) is 5.75 Å². The molecule has 1 aliphatic rings.